The summed E-state index contributed by atoms with van der Waals surface area (Å²) in [6.45, 7) is 3.13. The molecule has 8 nitrogen and oxygen atoms in total. The van der Waals surface area contributed by atoms with Crippen LogP contribution < -0.4 is 0 Å². The van der Waals surface area contributed by atoms with E-state index in [4.69, 9.17) is 18.7 Å². The van der Waals surface area contributed by atoms with E-state index < -0.39 is 31.6 Å². The van der Waals surface area contributed by atoms with Crippen LogP contribution in [0.1, 0.15) is 13.8 Å². The summed E-state index contributed by atoms with van der Waals surface area (Å²) in [5.74, 6) is -1.62. The lowest BCUT2D eigenvalue weighted by Gasteiger charge is -2.28. The molecule has 0 bridgehead atoms. The highest BCUT2D eigenvalue weighted by Gasteiger charge is 2.51. The van der Waals surface area contributed by atoms with Crippen molar-refractivity contribution in [3.8, 4) is 0 Å². The predicted octanol–water partition coefficient (Wildman–Crippen LogP) is 1.92. The molecule has 1 atom stereocenters. The van der Waals surface area contributed by atoms with Crippen molar-refractivity contribution in [2.75, 3.05) is 45.3 Å². The van der Waals surface area contributed by atoms with Crippen molar-refractivity contribution in [1.82, 2.24) is 0 Å². The maximum absolute atomic E-state index is 12.3. The largest absolute Gasteiger partial charge is 0.465 e. The molecule has 136 valence electrons. The minimum absolute atomic E-state index is 0.0302. The van der Waals surface area contributed by atoms with Gasteiger partial charge >= 0.3 is 19.5 Å². The van der Waals surface area contributed by atoms with Crippen molar-refractivity contribution in [2.45, 2.75) is 13.8 Å². The van der Waals surface area contributed by atoms with E-state index in [2.05, 4.69) is 0 Å². The smallest absolute Gasteiger partial charge is 0.328 e. The Morgan fingerprint density at radius 3 is 2.04 bits per heavy atom. The Balaban J connectivity index is 5.36. The van der Waals surface area contributed by atoms with Crippen LogP contribution in [0.2, 0.25) is 0 Å². The van der Waals surface area contributed by atoms with Crippen LogP contribution in [0.15, 0.2) is 0 Å². The van der Waals surface area contributed by atoms with Crippen LogP contribution in [0.4, 0.5) is 0 Å². The molecule has 0 saturated carbocycles. The van der Waals surface area contributed by atoms with Gasteiger partial charge in [0.15, 0.2) is 0 Å². The van der Waals surface area contributed by atoms with Crippen molar-refractivity contribution in [1.29, 1.82) is 0 Å². The summed E-state index contributed by atoms with van der Waals surface area (Å²) in [5.41, 5.74) is -1.95. The van der Waals surface area contributed by atoms with Crippen molar-refractivity contribution in [3.05, 3.63) is 0 Å². The molecule has 0 aliphatic rings. The second-order valence-corrected chi connectivity index (χ2v) is 8.73. The molecule has 0 amide bonds. The first-order chi connectivity index (χ1) is 10.7. The fourth-order valence-corrected chi connectivity index (χ4v) is 2.63. The number of carbonyl (C=O) groups is 2. The first-order valence-corrected chi connectivity index (χ1v) is 11.5. The van der Waals surface area contributed by atoms with Gasteiger partial charge in [0.25, 0.3) is 0 Å². The zero-order chi connectivity index (χ0) is 17.9. The Morgan fingerprint density at radius 1 is 1.13 bits per heavy atom. The molecule has 0 aliphatic carbocycles. The molecule has 0 aliphatic heterocycles. The van der Waals surface area contributed by atoms with Crippen molar-refractivity contribution < 1.29 is 37.8 Å². The summed E-state index contributed by atoms with van der Waals surface area (Å²) in [7, 11) is -1.09. The molecule has 0 saturated heterocycles. The first-order valence-electron chi connectivity index (χ1n) is 6.76. The highest BCUT2D eigenvalue weighted by Crippen LogP contribution is 2.39. The van der Waals surface area contributed by atoms with E-state index in [1.807, 2.05) is 6.26 Å². The molecule has 0 aromatic carbocycles. The minimum Gasteiger partial charge on any atom is -0.465 e. The van der Waals surface area contributed by atoms with E-state index in [9.17, 15) is 19.0 Å². The number of esters is 2. The molecule has 0 aromatic rings. The number of carbonyl (C=O) groups excluding carboxylic acids is 2. The molecule has 1 unspecified atom stereocenters. The third-order valence-corrected chi connectivity index (χ3v) is 4.58. The Morgan fingerprint density at radius 2 is 1.65 bits per heavy atom. The normalized spacial score (nSPS) is 14.1. The number of ether oxygens (including phenoxy) is 3. The summed E-state index contributed by atoms with van der Waals surface area (Å²) in [6, 6.07) is 0. The monoisotopic (exact) mass is 390 g/mol. The highest BCUT2D eigenvalue weighted by molar-refractivity contribution is 8.76. The fraction of sp³-hybridized carbons (Fsp3) is 0.833. The zero-order valence-corrected chi connectivity index (χ0v) is 16.1. The summed E-state index contributed by atoms with van der Waals surface area (Å²) in [6.07, 6.45) is 1.85. The summed E-state index contributed by atoms with van der Waals surface area (Å²) >= 11 is 0. The van der Waals surface area contributed by atoms with Gasteiger partial charge in [-0.15, -0.1) is 0 Å². The number of rotatable bonds is 12. The van der Waals surface area contributed by atoms with Gasteiger partial charge < -0.3 is 23.6 Å². The topological polar surface area (TPSA) is 108 Å². The van der Waals surface area contributed by atoms with Crippen molar-refractivity contribution in [3.63, 3.8) is 0 Å². The van der Waals surface area contributed by atoms with Gasteiger partial charge in [-0.2, -0.15) is 0 Å². The van der Waals surface area contributed by atoms with Gasteiger partial charge in [0.05, 0.1) is 26.4 Å². The third kappa shape index (κ3) is 8.42. The van der Waals surface area contributed by atoms with Crippen LogP contribution in [0, 0.1) is 5.41 Å². The molecule has 0 spiro atoms. The first kappa shape index (κ1) is 22.8. The Labute approximate surface area is 143 Å². The molecular weight excluding hydrogens is 367 g/mol. The lowest BCUT2D eigenvalue weighted by Crippen LogP contribution is -2.49. The number of hydrogen-bond donors (Lipinski definition) is 1. The standard InChI is InChI=1S/C12H23O8PS2/c1-5-18-10(13)12(11(14)19-6-2,7-17-9-23-22-4)8-20-21(3,15)16/h5-9H2,1-4H3,(H,15,16). The van der Waals surface area contributed by atoms with Gasteiger partial charge in [-0.3, -0.25) is 14.2 Å². The molecule has 23 heavy (non-hydrogen) atoms. The third-order valence-electron chi connectivity index (χ3n) is 2.48. The lowest BCUT2D eigenvalue weighted by atomic mass is 9.90. The number of hydrogen-bond acceptors (Lipinski definition) is 9. The SMILES string of the molecule is CCOC(=O)C(COCSSC)(COP(C)(=O)O)C(=O)OCC. The van der Waals surface area contributed by atoms with Crippen LogP contribution in [-0.4, -0.2) is 62.1 Å². The van der Waals surface area contributed by atoms with E-state index in [-0.39, 0.29) is 25.8 Å². The average molecular weight is 390 g/mol. The summed E-state index contributed by atoms with van der Waals surface area (Å²) in [4.78, 5) is 33.9. The van der Waals surface area contributed by atoms with Gasteiger partial charge in [0.2, 0.25) is 5.41 Å². The van der Waals surface area contributed by atoms with Gasteiger partial charge in [-0.05, 0) is 20.1 Å². The van der Waals surface area contributed by atoms with Crippen LogP contribution in [0.25, 0.3) is 0 Å². The van der Waals surface area contributed by atoms with Gasteiger partial charge in [-0.25, -0.2) is 0 Å². The van der Waals surface area contributed by atoms with Crippen molar-refractivity contribution in [2.24, 2.45) is 5.41 Å². The Bertz CT molecular complexity index is 407. The molecule has 0 heterocycles. The van der Waals surface area contributed by atoms with E-state index in [0.29, 0.717) is 0 Å². The molecule has 1 N–H and O–H groups in total. The maximum Gasteiger partial charge on any atom is 0.328 e. The average Bonchev–Trinajstić information content (AvgIpc) is 2.46. The van der Waals surface area contributed by atoms with E-state index >= 15 is 0 Å². The second kappa shape index (κ2) is 11.3. The predicted molar refractivity (Wildman–Crippen MR) is 89.3 cm³/mol. The molecule has 0 fully saturated rings. The molecular formula is C12H23O8PS2. The summed E-state index contributed by atoms with van der Waals surface area (Å²) < 4.78 is 31.3. The fourth-order valence-electron chi connectivity index (χ4n) is 1.43. The highest BCUT2D eigenvalue weighted by atomic mass is 33.1. The van der Waals surface area contributed by atoms with Gasteiger partial charge in [0, 0.05) is 6.66 Å². The van der Waals surface area contributed by atoms with Gasteiger partial charge in [0.1, 0.15) is 5.94 Å². The van der Waals surface area contributed by atoms with E-state index in [0.717, 1.165) is 6.66 Å². The molecule has 0 aromatic heterocycles. The van der Waals surface area contributed by atoms with Crippen LogP contribution in [-0.2, 0) is 32.9 Å². The van der Waals surface area contributed by atoms with Crippen molar-refractivity contribution >= 4 is 41.1 Å². The molecule has 11 heteroatoms. The van der Waals surface area contributed by atoms with E-state index in [1.165, 1.54) is 21.6 Å². The quantitative estimate of drug-likeness (QED) is 0.133. The lowest BCUT2D eigenvalue weighted by molar-refractivity contribution is -0.179. The summed E-state index contributed by atoms with van der Waals surface area (Å²) in [5, 5.41) is 0. The zero-order valence-electron chi connectivity index (χ0n) is 13.6. The van der Waals surface area contributed by atoms with Crippen LogP contribution >= 0.6 is 29.2 Å². The second-order valence-electron chi connectivity index (χ2n) is 4.35. The minimum atomic E-state index is -3.90. The molecule has 0 radical (unpaired) electrons. The van der Waals surface area contributed by atoms with E-state index in [1.54, 1.807) is 13.8 Å². The Kier molecular flexibility index (Phi) is 11.2. The van der Waals surface area contributed by atoms with Crippen LogP contribution in [0.3, 0.4) is 0 Å². The van der Waals surface area contributed by atoms with Crippen LogP contribution in [0.5, 0.6) is 0 Å². The maximum atomic E-state index is 12.3. The Hall–Kier alpha value is -0.250. The molecule has 0 rings (SSSR count). The van der Waals surface area contributed by atoms with Gasteiger partial charge in [-0.1, -0.05) is 21.6 Å².